The Hall–Kier alpha value is -2.18. The quantitative estimate of drug-likeness (QED) is 0.546. The number of esters is 1. The van der Waals surface area contributed by atoms with Crippen molar-refractivity contribution in [1.29, 1.82) is 0 Å². The van der Waals surface area contributed by atoms with Gasteiger partial charge in [0.1, 0.15) is 0 Å². The third kappa shape index (κ3) is 5.17. The Bertz CT molecular complexity index is 877. The molecule has 1 aliphatic rings. The molecule has 0 fully saturated rings. The number of halogens is 1. The van der Waals surface area contributed by atoms with Gasteiger partial charge in [-0.15, -0.1) is 11.3 Å². The van der Waals surface area contributed by atoms with Gasteiger partial charge in [-0.05, 0) is 61.6 Å². The summed E-state index contributed by atoms with van der Waals surface area (Å²) in [6.07, 6.45) is 2.25. The van der Waals surface area contributed by atoms with Crippen LogP contribution in [-0.4, -0.2) is 23.8 Å². The normalized spacial score (nSPS) is 13.7. The molecule has 0 saturated heterocycles. The monoisotopic (exact) mass is 405 g/mol. The van der Waals surface area contributed by atoms with Crippen LogP contribution in [0.1, 0.15) is 47.0 Å². The molecule has 1 aromatic heterocycles. The molecular formula is C20H20ClNO4S. The summed E-state index contributed by atoms with van der Waals surface area (Å²) in [5.74, 6) is -1.14. The van der Waals surface area contributed by atoms with E-state index in [1.807, 2.05) is 18.2 Å². The predicted octanol–water partition coefficient (Wildman–Crippen LogP) is 4.42. The summed E-state index contributed by atoms with van der Waals surface area (Å²) in [6.45, 7) is 1.52. The maximum atomic E-state index is 12.2. The number of rotatable bonds is 7. The number of hydrogen-bond donors (Lipinski definition) is 1. The molecule has 0 spiro atoms. The van der Waals surface area contributed by atoms with Crippen molar-refractivity contribution in [2.45, 2.75) is 45.1 Å². The summed E-state index contributed by atoms with van der Waals surface area (Å²) in [4.78, 5) is 36.7. The molecule has 1 amide bonds. The highest BCUT2D eigenvalue weighted by Crippen LogP contribution is 2.25. The average molecular weight is 406 g/mol. The molecule has 1 heterocycles. The Morgan fingerprint density at radius 3 is 2.67 bits per heavy atom. The second-order valence-electron chi connectivity index (χ2n) is 6.49. The molecule has 0 saturated carbocycles. The van der Waals surface area contributed by atoms with Gasteiger partial charge in [0.15, 0.2) is 11.9 Å². The molecular weight excluding hydrogens is 386 g/mol. The summed E-state index contributed by atoms with van der Waals surface area (Å²) in [6, 6.07) is 9.13. The molecule has 0 radical (unpaired) electrons. The number of nitrogens with one attached hydrogen (secondary N) is 1. The van der Waals surface area contributed by atoms with Crippen LogP contribution < -0.4 is 5.32 Å². The number of aryl methyl sites for hydroxylation is 2. The molecule has 27 heavy (non-hydrogen) atoms. The predicted molar refractivity (Wildman–Crippen MR) is 106 cm³/mol. The highest BCUT2D eigenvalue weighted by molar-refractivity contribution is 7.18. The number of thiophene rings is 1. The largest absolute Gasteiger partial charge is 0.453 e. The summed E-state index contributed by atoms with van der Waals surface area (Å²) in [5, 5.41) is 2.77. The lowest BCUT2D eigenvalue weighted by molar-refractivity contribution is -0.153. The number of carbonyl (C=O) groups excluding carboxylic acids is 3. The van der Waals surface area contributed by atoms with Gasteiger partial charge in [-0.2, -0.15) is 0 Å². The first-order valence-electron chi connectivity index (χ1n) is 8.83. The minimum absolute atomic E-state index is 0.0227. The van der Waals surface area contributed by atoms with Crippen molar-refractivity contribution in [3.8, 4) is 0 Å². The average Bonchev–Trinajstić information content (AvgIpc) is 3.27. The van der Waals surface area contributed by atoms with Crippen LogP contribution in [-0.2, 0) is 27.2 Å². The van der Waals surface area contributed by atoms with E-state index in [2.05, 4.69) is 5.32 Å². The van der Waals surface area contributed by atoms with Crippen molar-refractivity contribution in [3.05, 3.63) is 50.7 Å². The van der Waals surface area contributed by atoms with Crippen molar-refractivity contribution in [2.75, 3.05) is 5.32 Å². The number of amides is 1. The number of carbonyl (C=O) groups is 3. The van der Waals surface area contributed by atoms with Crippen molar-refractivity contribution in [1.82, 2.24) is 0 Å². The molecule has 1 atom stereocenters. The fourth-order valence-electron chi connectivity index (χ4n) is 3.01. The van der Waals surface area contributed by atoms with E-state index in [-0.39, 0.29) is 18.6 Å². The molecule has 0 aliphatic heterocycles. The molecule has 142 valence electrons. The molecule has 1 aliphatic carbocycles. The highest BCUT2D eigenvalue weighted by Gasteiger charge is 2.20. The summed E-state index contributed by atoms with van der Waals surface area (Å²) in [7, 11) is 0. The standard InChI is InChI=1S/C20H20ClNO4S/c1-12(20(25)22-15-6-5-13-3-2-4-14(13)11-15)26-19(24)10-7-16(23)17-8-9-18(21)27-17/h5-6,8-9,11-12H,2-4,7,10H2,1H3,(H,22,25)/t12-/m0/s1. The minimum atomic E-state index is -0.933. The van der Waals surface area contributed by atoms with Crippen LogP contribution in [0.3, 0.4) is 0 Å². The fourth-order valence-corrected chi connectivity index (χ4v) is 4.02. The lowest BCUT2D eigenvalue weighted by atomic mass is 10.1. The lowest BCUT2D eigenvalue weighted by Crippen LogP contribution is -2.30. The molecule has 3 rings (SSSR count). The van der Waals surface area contributed by atoms with Crippen molar-refractivity contribution >= 4 is 46.3 Å². The van der Waals surface area contributed by atoms with Crippen LogP contribution in [0, 0.1) is 0 Å². The molecule has 7 heteroatoms. The Morgan fingerprint density at radius 2 is 1.93 bits per heavy atom. The van der Waals surface area contributed by atoms with E-state index in [4.69, 9.17) is 16.3 Å². The lowest BCUT2D eigenvalue weighted by Gasteiger charge is -2.14. The number of hydrogen-bond acceptors (Lipinski definition) is 5. The van der Waals surface area contributed by atoms with Gasteiger partial charge in [0.05, 0.1) is 15.6 Å². The second kappa shape index (κ2) is 8.67. The molecule has 2 aromatic rings. The maximum absolute atomic E-state index is 12.2. The number of anilines is 1. The van der Waals surface area contributed by atoms with Crippen LogP contribution in [0.2, 0.25) is 4.34 Å². The van der Waals surface area contributed by atoms with E-state index < -0.39 is 18.0 Å². The van der Waals surface area contributed by atoms with E-state index in [0.717, 1.165) is 19.3 Å². The molecule has 0 bridgehead atoms. The first kappa shape index (κ1) is 19.6. The van der Waals surface area contributed by atoms with Gasteiger partial charge in [-0.1, -0.05) is 17.7 Å². The first-order chi connectivity index (χ1) is 12.9. The second-order valence-corrected chi connectivity index (χ2v) is 8.20. The zero-order chi connectivity index (χ0) is 19.4. The van der Waals surface area contributed by atoms with E-state index in [0.29, 0.717) is 14.9 Å². The smallest absolute Gasteiger partial charge is 0.307 e. The SMILES string of the molecule is C[C@H](OC(=O)CCC(=O)c1ccc(Cl)s1)C(=O)Nc1ccc2c(c1)CCC2. The fraction of sp³-hybridized carbons (Fsp3) is 0.350. The van der Waals surface area contributed by atoms with Gasteiger partial charge in [0.2, 0.25) is 0 Å². The van der Waals surface area contributed by atoms with Gasteiger partial charge < -0.3 is 10.1 Å². The zero-order valence-electron chi connectivity index (χ0n) is 14.9. The molecule has 0 unspecified atom stereocenters. The van der Waals surface area contributed by atoms with Gasteiger partial charge in [-0.3, -0.25) is 14.4 Å². The number of benzene rings is 1. The van der Waals surface area contributed by atoms with E-state index in [1.54, 1.807) is 12.1 Å². The van der Waals surface area contributed by atoms with Crippen LogP contribution in [0.25, 0.3) is 0 Å². The van der Waals surface area contributed by atoms with Crippen LogP contribution in [0.15, 0.2) is 30.3 Å². The molecule has 1 aromatic carbocycles. The van der Waals surface area contributed by atoms with Crippen molar-refractivity contribution in [2.24, 2.45) is 0 Å². The Morgan fingerprint density at radius 1 is 1.15 bits per heavy atom. The Kier molecular flexibility index (Phi) is 6.29. The number of Topliss-reactive ketones (excluding diaryl/α,β-unsaturated/α-hetero) is 1. The minimum Gasteiger partial charge on any atom is -0.453 e. The van der Waals surface area contributed by atoms with E-state index in [9.17, 15) is 14.4 Å². The topological polar surface area (TPSA) is 72.5 Å². The van der Waals surface area contributed by atoms with Crippen LogP contribution in [0.4, 0.5) is 5.69 Å². The molecule has 5 nitrogen and oxygen atoms in total. The number of fused-ring (bicyclic) bond motifs is 1. The van der Waals surface area contributed by atoms with Crippen LogP contribution >= 0.6 is 22.9 Å². The summed E-state index contributed by atoms with van der Waals surface area (Å²) in [5.41, 5.74) is 3.28. The first-order valence-corrected chi connectivity index (χ1v) is 10.0. The number of ketones is 1. The van der Waals surface area contributed by atoms with Crippen molar-refractivity contribution < 1.29 is 19.1 Å². The van der Waals surface area contributed by atoms with Gasteiger partial charge >= 0.3 is 5.97 Å². The summed E-state index contributed by atoms with van der Waals surface area (Å²) >= 11 is 6.97. The Labute approximate surface area is 166 Å². The van der Waals surface area contributed by atoms with E-state index in [1.165, 1.54) is 29.4 Å². The molecule has 1 N–H and O–H groups in total. The maximum Gasteiger partial charge on any atom is 0.307 e. The third-order valence-electron chi connectivity index (χ3n) is 4.45. The Balaban J connectivity index is 1.46. The van der Waals surface area contributed by atoms with Crippen molar-refractivity contribution in [3.63, 3.8) is 0 Å². The summed E-state index contributed by atoms with van der Waals surface area (Å²) < 4.78 is 5.67. The highest BCUT2D eigenvalue weighted by atomic mass is 35.5. The van der Waals surface area contributed by atoms with E-state index >= 15 is 0 Å². The zero-order valence-corrected chi connectivity index (χ0v) is 16.5. The third-order valence-corrected chi connectivity index (χ3v) is 5.72. The van der Waals surface area contributed by atoms with Crippen LogP contribution in [0.5, 0.6) is 0 Å². The van der Waals surface area contributed by atoms with Gasteiger partial charge in [0.25, 0.3) is 5.91 Å². The number of ether oxygens (including phenoxy) is 1. The van der Waals surface area contributed by atoms with Gasteiger partial charge in [-0.25, -0.2) is 0 Å². The van der Waals surface area contributed by atoms with Gasteiger partial charge in [0, 0.05) is 12.1 Å².